The maximum absolute atomic E-state index is 11.7. The average Bonchev–Trinajstić information content (AvgIpc) is 2.54. The van der Waals surface area contributed by atoms with Gasteiger partial charge in [0.05, 0.1) is 6.21 Å². The summed E-state index contributed by atoms with van der Waals surface area (Å²) in [6.45, 7) is 2.03. The maximum atomic E-state index is 11.7. The molecule has 8 heteroatoms. The number of carbonyl (C=O) groups excluding carboxylic acids is 3. The number of imide groups is 1. The molecule has 0 spiro atoms. The molecular weight excluding hydrogens is 238 g/mol. The highest BCUT2D eigenvalue weighted by Crippen LogP contribution is 2.17. The van der Waals surface area contributed by atoms with E-state index in [2.05, 4.69) is 15.7 Å². The smallest absolute Gasteiger partial charge is 0.332 e. The van der Waals surface area contributed by atoms with Crippen molar-refractivity contribution in [2.24, 2.45) is 10.8 Å². The van der Waals surface area contributed by atoms with Gasteiger partial charge in [0.1, 0.15) is 0 Å². The summed E-state index contributed by atoms with van der Waals surface area (Å²) < 4.78 is 0. The number of hydrogen-bond donors (Lipinski definition) is 4. The van der Waals surface area contributed by atoms with Gasteiger partial charge >= 0.3 is 12.1 Å². The molecule has 0 bridgehead atoms. The van der Waals surface area contributed by atoms with E-state index in [0.717, 1.165) is 19.3 Å². The fourth-order valence-corrected chi connectivity index (χ4v) is 1.70. The van der Waals surface area contributed by atoms with Crippen molar-refractivity contribution in [2.75, 3.05) is 0 Å². The molecule has 1 aliphatic heterocycles. The molecule has 0 saturated carbocycles. The van der Waals surface area contributed by atoms with Crippen LogP contribution >= 0.6 is 0 Å². The van der Waals surface area contributed by atoms with Crippen molar-refractivity contribution < 1.29 is 14.4 Å². The predicted molar refractivity (Wildman–Crippen MR) is 64.8 cm³/mol. The Morgan fingerprint density at radius 1 is 1.50 bits per heavy atom. The molecular formula is C10H17N5O3. The van der Waals surface area contributed by atoms with Crippen LogP contribution in [-0.2, 0) is 4.79 Å². The zero-order valence-corrected chi connectivity index (χ0v) is 10.2. The standard InChI is InChI=1S/C10H17N5O3/c1-2-3-4-5-10(6-12-15-8(11)17)7(16)13-9(18)14-10/h6H,2-5H2,1H3,(H3,11,15,17)(H2,13,14,16,18)/b12-6+/t10-/m0/s1. The summed E-state index contributed by atoms with van der Waals surface area (Å²) in [5.74, 6) is -0.473. The zero-order valence-electron chi connectivity index (χ0n) is 10.2. The summed E-state index contributed by atoms with van der Waals surface area (Å²) >= 11 is 0. The van der Waals surface area contributed by atoms with Gasteiger partial charge in [-0.25, -0.2) is 15.0 Å². The van der Waals surface area contributed by atoms with Crippen molar-refractivity contribution in [1.29, 1.82) is 0 Å². The quantitative estimate of drug-likeness (QED) is 0.227. The van der Waals surface area contributed by atoms with Gasteiger partial charge in [-0.05, 0) is 6.42 Å². The Hall–Kier alpha value is -2.12. The van der Waals surface area contributed by atoms with Gasteiger partial charge < -0.3 is 11.1 Å². The van der Waals surface area contributed by atoms with Gasteiger partial charge in [-0.2, -0.15) is 5.10 Å². The Morgan fingerprint density at radius 2 is 2.22 bits per heavy atom. The van der Waals surface area contributed by atoms with Crippen molar-refractivity contribution in [3.63, 3.8) is 0 Å². The van der Waals surface area contributed by atoms with Gasteiger partial charge in [0.2, 0.25) is 0 Å². The third kappa shape index (κ3) is 3.44. The molecule has 8 nitrogen and oxygen atoms in total. The van der Waals surface area contributed by atoms with Crippen molar-refractivity contribution in [3.05, 3.63) is 0 Å². The summed E-state index contributed by atoms with van der Waals surface area (Å²) in [5, 5.41) is 8.22. The highest BCUT2D eigenvalue weighted by molar-refractivity contribution is 6.16. The molecule has 5 amide bonds. The second-order valence-corrected chi connectivity index (χ2v) is 4.07. The van der Waals surface area contributed by atoms with E-state index >= 15 is 0 Å². The predicted octanol–water partition coefficient (Wildman–Crippen LogP) is -0.201. The molecule has 0 unspecified atom stereocenters. The molecule has 5 N–H and O–H groups in total. The van der Waals surface area contributed by atoms with Gasteiger partial charge in [-0.3, -0.25) is 10.1 Å². The first-order valence-corrected chi connectivity index (χ1v) is 5.73. The first-order chi connectivity index (χ1) is 8.50. The Morgan fingerprint density at radius 3 is 2.72 bits per heavy atom. The second-order valence-electron chi connectivity index (χ2n) is 4.07. The lowest BCUT2D eigenvalue weighted by Crippen LogP contribution is -2.49. The monoisotopic (exact) mass is 255 g/mol. The molecule has 1 saturated heterocycles. The number of hydrazone groups is 1. The Balaban J connectivity index is 2.74. The molecule has 18 heavy (non-hydrogen) atoms. The third-order valence-electron chi connectivity index (χ3n) is 2.60. The van der Waals surface area contributed by atoms with Gasteiger partial charge in [0, 0.05) is 0 Å². The van der Waals surface area contributed by atoms with Gasteiger partial charge in [0.15, 0.2) is 5.54 Å². The number of urea groups is 2. The van der Waals surface area contributed by atoms with Gasteiger partial charge in [-0.1, -0.05) is 26.2 Å². The van der Waals surface area contributed by atoms with Gasteiger partial charge in [0.25, 0.3) is 5.91 Å². The SMILES string of the molecule is CCCCC[C@@]1(/C=N/NC(N)=O)NC(=O)NC1=O. The third-order valence-corrected chi connectivity index (χ3v) is 2.60. The topological polar surface area (TPSA) is 126 Å². The van der Waals surface area contributed by atoms with Crippen molar-refractivity contribution in [1.82, 2.24) is 16.1 Å². The number of primary amides is 1. The minimum absolute atomic E-state index is 0.419. The Bertz CT molecular complexity index is 382. The molecule has 1 aliphatic rings. The molecule has 1 fully saturated rings. The first-order valence-electron chi connectivity index (χ1n) is 5.73. The number of unbranched alkanes of at least 4 members (excludes halogenated alkanes) is 2. The summed E-state index contributed by atoms with van der Waals surface area (Å²) in [6.07, 6.45) is 4.30. The van der Waals surface area contributed by atoms with Crippen molar-refractivity contribution in [2.45, 2.75) is 38.1 Å². The average molecular weight is 255 g/mol. The summed E-state index contributed by atoms with van der Waals surface area (Å²) in [7, 11) is 0. The Labute approximate surface area is 104 Å². The van der Waals surface area contributed by atoms with E-state index in [1.807, 2.05) is 12.3 Å². The second kappa shape index (κ2) is 5.99. The minimum atomic E-state index is -1.20. The lowest BCUT2D eigenvalue weighted by molar-refractivity contribution is -0.121. The Kier molecular flexibility index (Phi) is 4.64. The van der Waals surface area contributed by atoms with Crippen LogP contribution in [0.1, 0.15) is 32.6 Å². The molecule has 0 aromatic carbocycles. The normalized spacial score (nSPS) is 22.9. The van der Waals surface area contributed by atoms with E-state index in [1.165, 1.54) is 6.21 Å². The zero-order chi connectivity index (χ0) is 13.6. The van der Waals surface area contributed by atoms with Gasteiger partial charge in [-0.15, -0.1) is 0 Å². The molecule has 0 aliphatic carbocycles. The van der Waals surface area contributed by atoms with Crippen LogP contribution in [-0.4, -0.2) is 29.7 Å². The van der Waals surface area contributed by atoms with Crippen molar-refractivity contribution in [3.8, 4) is 0 Å². The molecule has 1 rings (SSSR count). The van der Waals surface area contributed by atoms with E-state index in [4.69, 9.17) is 5.73 Å². The van der Waals surface area contributed by atoms with Crippen LogP contribution in [0.5, 0.6) is 0 Å². The number of carbonyl (C=O) groups is 3. The number of nitrogens with two attached hydrogens (primary N) is 1. The fourth-order valence-electron chi connectivity index (χ4n) is 1.70. The minimum Gasteiger partial charge on any atom is -0.350 e. The summed E-state index contributed by atoms with van der Waals surface area (Å²) in [5.41, 5.74) is 5.65. The lowest BCUT2D eigenvalue weighted by Gasteiger charge is -2.20. The van der Waals surface area contributed by atoms with Crippen molar-refractivity contribution >= 4 is 24.2 Å². The number of nitrogens with one attached hydrogen (secondary N) is 3. The van der Waals surface area contributed by atoms with Crippen LogP contribution in [0, 0.1) is 0 Å². The number of rotatable bonds is 6. The highest BCUT2D eigenvalue weighted by Gasteiger charge is 2.44. The maximum Gasteiger partial charge on any atom is 0.332 e. The first kappa shape index (κ1) is 13.9. The summed E-state index contributed by atoms with van der Waals surface area (Å²) in [6, 6.07) is -1.40. The van der Waals surface area contributed by atoms with E-state index in [1.54, 1.807) is 0 Å². The lowest BCUT2D eigenvalue weighted by atomic mass is 9.94. The van der Waals surface area contributed by atoms with E-state index in [-0.39, 0.29) is 0 Å². The molecule has 1 heterocycles. The largest absolute Gasteiger partial charge is 0.350 e. The fraction of sp³-hybridized carbons (Fsp3) is 0.600. The van der Waals surface area contributed by atoms with Crippen LogP contribution < -0.4 is 21.8 Å². The van der Waals surface area contributed by atoms with Crippen LogP contribution in [0.15, 0.2) is 5.10 Å². The van der Waals surface area contributed by atoms with Crippen LogP contribution in [0.25, 0.3) is 0 Å². The van der Waals surface area contributed by atoms with Crippen LogP contribution in [0.3, 0.4) is 0 Å². The van der Waals surface area contributed by atoms with E-state index in [0.29, 0.717) is 6.42 Å². The number of nitrogens with zero attached hydrogens (tertiary/aromatic N) is 1. The molecule has 100 valence electrons. The van der Waals surface area contributed by atoms with Crippen LogP contribution in [0.4, 0.5) is 9.59 Å². The molecule has 0 aromatic rings. The molecule has 0 radical (unpaired) electrons. The van der Waals surface area contributed by atoms with Crippen LogP contribution in [0.2, 0.25) is 0 Å². The number of amides is 5. The molecule has 0 aromatic heterocycles. The van der Waals surface area contributed by atoms with E-state index in [9.17, 15) is 14.4 Å². The number of hydrogen-bond acceptors (Lipinski definition) is 4. The van der Waals surface area contributed by atoms with E-state index < -0.39 is 23.5 Å². The summed E-state index contributed by atoms with van der Waals surface area (Å²) in [4.78, 5) is 33.4. The molecule has 1 atom stereocenters. The highest BCUT2D eigenvalue weighted by atomic mass is 16.2.